The van der Waals surface area contributed by atoms with Crippen LogP contribution in [0.1, 0.15) is 11.1 Å². The Labute approximate surface area is 122 Å². The lowest BCUT2D eigenvalue weighted by atomic mass is 10.1. The fourth-order valence-corrected chi connectivity index (χ4v) is 2.25. The highest BCUT2D eigenvalue weighted by molar-refractivity contribution is 5.93. The second kappa shape index (κ2) is 5.40. The van der Waals surface area contributed by atoms with Crippen LogP contribution >= 0.6 is 0 Å². The van der Waals surface area contributed by atoms with E-state index in [0.29, 0.717) is 23.6 Å². The Hall–Kier alpha value is -2.62. The van der Waals surface area contributed by atoms with Crippen LogP contribution < -0.4 is 10.5 Å². The van der Waals surface area contributed by atoms with Crippen molar-refractivity contribution < 1.29 is 9.13 Å². The van der Waals surface area contributed by atoms with Crippen LogP contribution in [0.3, 0.4) is 0 Å². The number of pyridine rings is 1. The van der Waals surface area contributed by atoms with Crippen molar-refractivity contribution in [2.24, 2.45) is 0 Å². The van der Waals surface area contributed by atoms with E-state index >= 15 is 0 Å². The zero-order valence-corrected chi connectivity index (χ0v) is 11.6. The quantitative estimate of drug-likeness (QED) is 0.742. The summed E-state index contributed by atoms with van der Waals surface area (Å²) in [5, 5.41) is 0.853. The van der Waals surface area contributed by atoms with E-state index in [2.05, 4.69) is 4.98 Å². The minimum Gasteiger partial charge on any atom is -0.488 e. The molecule has 4 heteroatoms. The van der Waals surface area contributed by atoms with Gasteiger partial charge >= 0.3 is 0 Å². The summed E-state index contributed by atoms with van der Waals surface area (Å²) in [6.45, 7) is 2.23. The van der Waals surface area contributed by atoms with Crippen LogP contribution in [0, 0.1) is 12.7 Å². The van der Waals surface area contributed by atoms with Gasteiger partial charge in [-0.2, -0.15) is 0 Å². The third kappa shape index (κ3) is 2.65. The van der Waals surface area contributed by atoms with E-state index in [9.17, 15) is 4.39 Å². The molecule has 0 fully saturated rings. The SMILES string of the molecule is Cc1ccc(F)cc1COc1ccc(N)c2ncccc12. The van der Waals surface area contributed by atoms with E-state index in [-0.39, 0.29) is 5.82 Å². The monoisotopic (exact) mass is 282 g/mol. The minimum atomic E-state index is -0.261. The fraction of sp³-hybridized carbons (Fsp3) is 0.118. The summed E-state index contributed by atoms with van der Waals surface area (Å²) < 4.78 is 19.1. The molecule has 0 radical (unpaired) electrons. The van der Waals surface area contributed by atoms with Crippen molar-refractivity contribution in [3.8, 4) is 5.75 Å². The third-order valence-corrected chi connectivity index (χ3v) is 3.46. The molecule has 0 aliphatic carbocycles. The summed E-state index contributed by atoms with van der Waals surface area (Å²) >= 11 is 0. The number of ether oxygens (including phenoxy) is 1. The van der Waals surface area contributed by atoms with Crippen LogP contribution in [0.2, 0.25) is 0 Å². The molecule has 0 spiro atoms. The minimum absolute atomic E-state index is 0.261. The van der Waals surface area contributed by atoms with Crippen LogP contribution in [0.25, 0.3) is 10.9 Å². The Bertz CT molecular complexity index is 802. The lowest BCUT2D eigenvalue weighted by Gasteiger charge is -2.12. The van der Waals surface area contributed by atoms with Crippen molar-refractivity contribution in [3.05, 3.63) is 65.6 Å². The highest BCUT2D eigenvalue weighted by Gasteiger charge is 2.07. The first-order valence-corrected chi connectivity index (χ1v) is 6.66. The largest absolute Gasteiger partial charge is 0.488 e. The van der Waals surface area contributed by atoms with Gasteiger partial charge < -0.3 is 10.5 Å². The molecule has 0 aliphatic rings. The van der Waals surface area contributed by atoms with Gasteiger partial charge in [-0.25, -0.2) is 4.39 Å². The van der Waals surface area contributed by atoms with Crippen molar-refractivity contribution in [1.29, 1.82) is 0 Å². The smallest absolute Gasteiger partial charge is 0.129 e. The second-order valence-electron chi connectivity index (χ2n) is 4.91. The maximum Gasteiger partial charge on any atom is 0.129 e. The van der Waals surface area contributed by atoms with Gasteiger partial charge in [-0.15, -0.1) is 0 Å². The molecular formula is C17H15FN2O. The van der Waals surface area contributed by atoms with E-state index in [0.717, 1.165) is 16.5 Å². The molecule has 3 nitrogen and oxygen atoms in total. The number of aromatic nitrogens is 1. The van der Waals surface area contributed by atoms with Gasteiger partial charge in [0.1, 0.15) is 18.2 Å². The first-order valence-electron chi connectivity index (χ1n) is 6.66. The first-order chi connectivity index (χ1) is 10.1. The van der Waals surface area contributed by atoms with Crippen LogP contribution in [-0.2, 0) is 6.61 Å². The molecule has 0 atom stereocenters. The molecule has 3 aromatic rings. The standard InChI is InChI=1S/C17H15FN2O/c1-11-4-5-13(18)9-12(11)10-21-16-7-6-15(19)17-14(16)3-2-8-20-17/h2-9H,10,19H2,1H3. The number of hydrogen-bond acceptors (Lipinski definition) is 3. The lowest BCUT2D eigenvalue weighted by Crippen LogP contribution is -2.00. The first kappa shape index (κ1) is 13.4. The molecule has 2 N–H and O–H groups in total. The van der Waals surface area contributed by atoms with Crippen molar-refractivity contribution in [1.82, 2.24) is 4.98 Å². The zero-order valence-electron chi connectivity index (χ0n) is 11.6. The third-order valence-electron chi connectivity index (χ3n) is 3.46. The maximum absolute atomic E-state index is 13.3. The number of hydrogen-bond donors (Lipinski definition) is 1. The Morgan fingerprint density at radius 1 is 1.19 bits per heavy atom. The van der Waals surface area contributed by atoms with Gasteiger partial charge in [-0.1, -0.05) is 6.07 Å². The van der Waals surface area contributed by atoms with Crippen molar-refractivity contribution in [3.63, 3.8) is 0 Å². The van der Waals surface area contributed by atoms with E-state index in [1.807, 2.05) is 25.1 Å². The molecule has 2 aromatic carbocycles. The number of halogens is 1. The summed E-state index contributed by atoms with van der Waals surface area (Å²) in [4.78, 5) is 4.26. The molecule has 1 aromatic heterocycles. The summed E-state index contributed by atoms with van der Waals surface area (Å²) in [6.07, 6.45) is 1.69. The summed E-state index contributed by atoms with van der Waals surface area (Å²) in [5.74, 6) is 0.430. The second-order valence-corrected chi connectivity index (χ2v) is 4.91. The van der Waals surface area contributed by atoms with Gasteiger partial charge in [0.05, 0.1) is 11.2 Å². The van der Waals surface area contributed by atoms with Crippen LogP contribution in [0.5, 0.6) is 5.75 Å². The Morgan fingerprint density at radius 3 is 2.90 bits per heavy atom. The van der Waals surface area contributed by atoms with Crippen molar-refractivity contribution >= 4 is 16.6 Å². The number of anilines is 1. The van der Waals surface area contributed by atoms with Gasteiger partial charge in [-0.3, -0.25) is 4.98 Å². The van der Waals surface area contributed by atoms with Gasteiger partial charge in [0.25, 0.3) is 0 Å². The summed E-state index contributed by atoms with van der Waals surface area (Å²) in [7, 11) is 0. The molecule has 21 heavy (non-hydrogen) atoms. The summed E-state index contributed by atoms with van der Waals surface area (Å²) in [5.41, 5.74) is 9.05. The number of nitrogens with zero attached hydrogens (tertiary/aromatic N) is 1. The molecule has 3 rings (SSSR count). The van der Waals surface area contributed by atoms with Gasteiger partial charge in [0, 0.05) is 11.6 Å². The van der Waals surface area contributed by atoms with E-state index in [4.69, 9.17) is 10.5 Å². The Kier molecular flexibility index (Phi) is 3.44. The number of nitrogens with two attached hydrogens (primary N) is 1. The molecule has 1 heterocycles. The number of rotatable bonds is 3. The Morgan fingerprint density at radius 2 is 2.05 bits per heavy atom. The van der Waals surface area contributed by atoms with Crippen LogP contribution in [-0.4, -0.2) is 4.98 Å². The average Bonchev–Trinajstić information content (AvgIpc) is 2.50. The van der Waals surface area contributed by atoms with Crippen molar-refractivity contribution in [2.75, 3.05) is 5.73 Å². The highest BCUT2D eigenvalue weighted by Crippen LogP contribution is 2.29. The maximum atomic E-state index is 13.3. The van der Waals surface area contributed by atoms with E-state index in [1.54, 1.807) is 18.3 Å². The molecule has 0 bridgehead atoms. The lowest BCUT2D eigenvalue weighted by molar-refractivity contribution is 0.308. The van der Waals surface area contributed by atoms with Gasteiger partial charge in [0.2, 0.25) is 0 Å². The highest BCUT2D eigenvalue weighted by atomic mass is 19.1. The topological polar surface area (TPSA) is 48.1 Å². The molecule has 0 unspecified atom stereocenters. The van der Waals surface area contributed by atoms with E-state index < -0.39 is 0 Å². The van der Waals surface area contributed by atoms with E-state index in [1.165, 1.54) is 12.1 Å². The summed E-state index contributed by atoms with van der Waals surface area (Å²) in [6, 6.07) is 12.0. The molecule has 106 valence electrons. The molecule has 0 aliphatic heterocycles. The van der Waals surface area contributed by atoms with Crippen molar-refractivity contribution in [2.45, 2.75) is 13.5 Å². The predicted octanol–water partition coefficient (Wildman–Crippen LogP) is 3.84. The molecule has 0 saturated heterocycles. The predicted molar refractivity (Wildman–Crippen MR) is 81.6 cm³/mol. The van der Waals surface area contributed by atoms with Gasteiger partial charge in [-0.05, 0) is 54.4 Å². The van der Waals surface area contributed by atoms with Crippen LogP contribution in [0.4, 0.5) is 10.1 Å². The fourth-order valence-electron chi connectivity index (χ4n) is 2.25. The number of fused-ring (bicyclic) bond motifs is 1. The Balaban J connectivity index is 1.92. The van der Waals surface area contributed by atoms with Gasteiger partial charge in [0.15, 0.2) is 0 Å². The molecule has 0 saturated carbocycles. The normalized spacial score (nSPS) is 10.8. The number of nitrogen functional groups attached to an aromatic ring is 1. The molecule has 0 amide bonds. The number of benzene rings is 2. The zero-order chi connectivity index (χ0) is 14.8. The molecular weight excluding hydrogens is 267 g/mol. The number of aryl methyl sites for hydroxylation is 1. The van der Waals surface area contributed by atoms with Crippen LogP contribution in [0.15, 0.2) is 48.7 Å². The average molecular weight is 282 g/mol.